The molecule has 0 saturated heterocycles. The molecule has 70 valence electrons. The summed E-state index contributed by atoms with van der Waals surface area (Å²) in [5.41, 5.74) is 2.34. The van der Waals surface area contributed by atoms with Crippen molar-refractivity contribution in [3.63, 3.8) is 0 Å². The summed E-state index contributed by atoms with van der Waals surface area (Å²) in [5, 5.41) is 10.7. The number of halogens is 1. The maximum Gasteiger partial charge on any atom is 0.275 e. The third-order valence-corrected chi connectivity index (χ3v) is 2.36. The van der Waals surface area contributed by atoms with Crippen LogP contribution in [0.4, 0.5) is 5.69 Å². The van der Waals surface area contributed by atoms with Gasteiger partial charge in [-0.25, -0.2) is 0 Å². The van der Waals surface area contributed by atoms with Crippen molar-refractivity contribution >= 4 is 17.3 Å². The molecule has 1 aromatic carbocycles. The van der Waals surface area contributed by atoms with Crippen LogP contribution < -0.4 is 0 Å². The van der Waals surface area contributed by atoms with E-state index in [1.807, 2.05) is 6.07 Å². The summed E-state index contributed by atoms with van der Waals surface area (Å²) in [4.78, 5) is 10.3. The molecule has 0 spiro atoms. The Bertz CT molecular complexity index is 350. The molecule has 0 N–H and O–H groups in total. The standard InChI is InChI=1S/C9H10ClNO2/c1-6-3-4-8(5-10)7(2)9(6)11(12)13/h3-4H,5H2,1-2H3. The topological polar surface area (TPSA) is 43.1 Å². The number of nitro groups is 1. The molecule has 1 rings (SSSR count). The molecular weight excluding hydrogens is 190 g/mol. The molecule has 0 aliphatic carbocycles. The van der Waals surface area contributed by atoms with E-state index in [2.05, 4.69) is 0 Å². The molecule has 1 aromatic rings. The number of nitro benzene ring substituents is 1. The highest BCUT2D eigenvalue weighted by atomic mass is 35.5. The van der Waals surface area contributed by atoms with Crippen LogP contribution in [0.1, 0.15) is 16.7 Å². The number of nitrogens with zero attached hydrogens (tertiary/aromatic N) is 1. The van der Waals surface area contributed by atoms with Gasteiger partial charge in [-0.05, 0) is 19.4 Å². The maximum absolute atomic E-state index is 10.7. The molecule has 4 heteroatoms. The van der Waals surface area contributed by atoms with Crippen LogP contribution >= 0.6 is 11.6 Å². The molecule has 0 unspecified atom stereocenters. The van der Waals surface area contributed by atoms with Crippen LogP contribution in [0, 0.1) is 24.0 Å². The van der Waals surface area contributed by atoms with E-state index in [0.29, 0.717) is 17.0 Å². The zero-order valence-electron chi connectivity index (χ0n) is 7.50. The molecule has 0 radical (unpaired) electrons. The maximum atomic E-state index is 10.7. The summed E-state index contributed by atoms with van der Waals surface area (Å²) in [6, 6.07) is 3.55. The van der Waals surface area contributed by atoms with E-state index in [9.17, 15) is 10.1 Å². The molecule has 0 aliphatic rings. The third-order valence-electron chi connectivity index (χ3n) is 2.07. The quantitative estimate of drug-likeness (QED) is 0.418. The monoisotopic (exact) mass is 199 g/mol. The van der Waals surface area contributed by atoms with E-state index in [4.69, 9.17) is 11.6 Å². The first-order chi connectivity index (χ1) is 6.07. The summed E-state index contributed by atoms with van der Waals surface area (Å²) in [6.45, 7) is 3.45. The lowest BCUT2D eigenvalue weighted by atomic mass is 10.0. The molecule has 0 fully saturated rings. The zero-order chi connectivity index (χ0) is 10.0. The van der Waals surface area contributed by atoms with Crippen molar-refractivity contribution in [2.24, 2.45) is 0 Å². The first-order valence-electron chi connectivity index (χ1n) is 3.87. The molecule has 0 aromatic heterocycles. The minimum atomic E-state index is -0.360. The largest absolute Gasteiger partial charge is 0.275 e. The number of alkyl halides is 1. The Kier molecular flexibility index (Phi) is 2.88. The molecule has 0 heterocycles. The van der Waals surface area contributed by atoms with Crippen molar-refractivity contribution in [3.05, 3.63) is 38.9 Å². The average Bonchev–Trinajstić information content (AvgIpc) is 2.04. The van der Waals surface area contributed by atoms with Crippen molar-refractivity contribution in [1.29, 1.82) is 0 Å². The lowest BCUT2D eigenvalue weighted by molar-refractivity contribution is -0.386. The molecule has 0 aliphatic heterocycles. The summed E-state index contributed by atoms with van der Waals surface area (Å²) in [6.07, 6.45) is 0. The van der Waals surface area contributed by atoms with Crippen LogP contribution in [0.15, 0.2) is 12.1 Å². The highest BCUT2D eigenvalue weighted by Crippen LogP contribution is 2.26. The first-order valence-corrected chi connectivity index (χ1v) is 4.40. The second-order valence-electron chi connectivity index (χ2n) is 2.91. The van der Waals surface area contributed by atoms with Crippen LogP contribution in [-0.2, 0) is 5.88 Å². The number of hydrogen-bond donors (Lipinski definition) is 0. The van der Waals surface area contributed by atoms with Gasteiger partial charge in [0.15, 0.2) is 0 Å². The van der Waals surface area contributed by atoms with Gasteiger partial charge in [0, 0.05) is 17.0 Å². The van der Waals surface area contributed by atoms with E-state index < -0.39 is 0 Å². The van der Waals surface area contributed by atoms with Crippen molar-refractivity contribution in [2.75, 3.05) is 0 Å². The van der Waals surface area contributed by atoms with Crippen LogP contribution in [0.3, 0.4) is 0 Å². The highest BCUT2D eigenvalue weighted by Gasteiger charge is 2.16. The SMILES string of the molecule is Cc1ccc(CCl)c(C)c1[N+](=O)[O-]. The number of hydrogen-bond acceptors (Lipinski definition) is 2. The lowest BCUT2D eigenvalue weighted by Gasteiger charge is -2.04. The van der Waals surface area contributed by atoms with Crippen molar-refractivity contribution < 1.29 is 4.92 Å². The number of aryl methyl sites for hydroxylation is 1. The Labute approximate surface area is 81.5 Å². The number of benzene rings is 1. The summed E-state index contributed by atoms with van der Waals surface area (Å²) in [5.74, 6) is 0.312. The van der Waals surface area contributed by atoms with Gasteiger partial charge in [-0.3, -0.25) is 10.1 Å². The normalized spacial score (nSPS) is 10.1. The Morgan fingerprint density at radius 3 is 2.54 bits per heavy atom. The van der Waals surface area contributed by atoms with E-state index >= 15 is 0 Å². The van der Waals surface area contributed by atoms with Gasteiger partial charge in [0.05, 0.1) is 4.92 Å². The summed E-state index contributed by atoms with van der Waals surface area (Å²) in [7, 11) is 0. The Hall–Kier alpha value is -1.09. The van der Waals surface area contributed by atoms with Crippen molar-refractivity contribution in [1.82, 2.24) is 0 Å². The predicted octanol–water partition coefficient (Wildman–Crippen LogP) is 2.95. The smallest absolute Gasteiger partial charge is 0.258 e. The van der Waals surface area contributed by atoms with Gasteiger partial charge < -0.3 is 0 Å². The fourth-order valence-corrected chi connectivity index (χ4v) is 1.59. The highest BCUT2D eigenvalue weighted by molar-refractivity contribution is 6.17. The van der Waals surface area contributed by atoms with Gasteiger partial charge in [-0.2, -0.15) is 0 Å². The van der Waals surface area contributed by atoms with Gasteiger partial charge in [-0.15, -0.1) is 11.6 Å². The lowest BCUT2D eigenvalue weighted by Crippen LogP contribution is -1.97. The van der Waals surface area contributed by atoms with Crippen molar-refractivity contribution in [2.45, 2.75) is 19.7 Å². The van der Waals surface area contributed by atoms with Gasteiger partial charge in [0.25, 0.3) is 5.69 Å². The van der Waals surface area contributed by atoms with Crippen molar-refractivity contribution in [3.8, 4) is 0 Å². The van der Waals surface area contributed by atoms with Gasteiger partial charge in [0.1, 0.15) is 0 Å². The summed E-state index contributed by atoms with van der Waals surface area (Å²) >= 11 is 5.64. The Balaban J connectivity index is 3.38. The summed E-state index contributed by atoms with van der Waals surface area (Å²) < 4.78 is 0. The van der Waals surface area contributed by atoms with E-state index in [-0.39, 0.29) is 10.6 Å². The third kappa shape index (κ3) is 1.80. The number of rotatable bonds is 2. The van der Waals surface area contributed by atoms with Gasteiger partial charge in [0.2, 0.25) is 0 Å². The molecule has 13 heavy (non-hydrogen) atoms. The minimum Gasteiger partial charge on any atom is -0.258 e. The molecule has 0 saturated carbocycles. The second-order valence-corrected chi connectivity index (χ2v) is 3.17. The fourth-order valence-electron chi connectivity index (χ4n) is 1.30. The van der Waals surface area contributed by atoms with Gasteiger partial charge >= 0.3 is 0 Å². The van der Waals surface area contributed by atoms with E-state index in [1.54, 1.807) is 19.9 Å². The van der Waals surface area contributed by atoms with E-state index in [1.165, 1.54) is 0 Å². The minimum absolute atomic E-state index is 0.179. The molecule has 0 bridgehead atoms. The van der Waals surface area contributed by atoms with Crippen LogP contribution in [0.25, 0.3) is 0 Å². The second kappa shape index (κ2) is 3.75. The molecule has 3 nitrogen and oxygen atoms in total. The molecule has 0 atom stereocenters. The average molecular weight is 200 g/mol. The predicted molar refractivity (Wildman–Crippen MR) is 52.1 cm³/mol. The van der Waals surface area contributed by atoms with Crippen LogP contribution in [0.2, 0.25) is 0 Å². The van der Waals surface area contributed by atoms with Gasteiger partial charge in [-0.1, -0.05) is 12.1 Å². The molecular formula is C9H10ClNO2. The van der Waals surface area contributed by atoms with Crippen LogP contribution in [0.5, 0.6) is 0 Å². The Morgan fingerprint density at radius 1 is 1.46 bits per heavy atom. The van der Waals surface area contributed by atoms with Crippen LogP contribution in [-0.4, -0.2) is 4.92 Å². The molecule has 0 amide bonds. The fraction of sp³-hybridized carbons (Fsp3) is 0.333. The zero-order valence-corrected chi connectivity index (χ0v) is 8.26. The first kappa shape index (κ1) is 9.99. The Morgan fingerprint density at radius 2 is 2.08 bits per heavy atom. The van der Waals surface area contributed by atoms with E-state index in [0.717, 1.165) is 5.56 Å².